The number of halogens is 1. The number of hydrogen-bond donors (Lipinski definition) is 1. The SMILES string of the molecule is Cc1ccc(-c2nc(N)c(I)c(C3CC3)n2)cc1C. The molecule has 3 rings (SSSR count). The molecule has 0 unspecified atom stereocenters. The molecular formula is C15H16IN3. The van der Waals surface area contributed by atoms with E-state index < -0.39 is 0 Å². The zero-order chi connectivity index (χ0) is 13.6. The highest BCUT2D eigenvalue weighted by Gasteiger charge is 2.29. The van der Waals surface area contributed by atoms with Gasteiger partial charge in [0.15, 0.2) is 5.82 Å². The molecule has 98 valence electrons. The Kier molecular flexibility index (Phi) is 3.20. The lowest BCUT2D eigenvalue weighted by Crippen LogP contribution is -2.04. The van der Waals surface area contributed by atoms with Crippen LogP contribution in [-0.2, 0) is 0 Å². The van der Waals surface area contributed by atoms with Crippen LogP contribution in [0.3, 0.4) is 0 Å². The minimum absolute atomic E-state index is 0.586. The summed E-state index contributed by atoms with van der Waals surface area (Å²) in [6, 6.07) is 6.31. The standard InChI is InChI=1S/C15H16IN3/c1-8-3-4-11(7-9(8)2)15-18-13(10-5-6-10)12(16)14(17)19-15/h3-4,7,10H,5-6H2,1-2H3,(H2,17,18,19). The minimum Gasteiger partial charge on any atom is -0.383 e. The van der Waals surface area contributed by atoms with Gasteiger partial charge in [-0.3, -0.25) is 0 Å². The topological polar surface area (TPSA) is 51.8 Å². The van der Waals surface area contributed by atoms with E-state index in [1.807, 2.05) is 0 Å². The first-order valence-electron chi connectivity index (χ1n) is 6.47. The fourth-order valence-electron chi connectivity index (χ4n) is 2.12. The predicted octanol–water partition coefficient (Wildman–Crippen LogP) is 3.82. The van der Waals surface area contributed by atoms with Crippen LogP contribution < -0.4 is 5.73 Å². The fraction of sp³-hybridized carbons (Fsp3) is 0.333. The third-order valence-corrected chi connectivity index (χ3v) is 4.74. The van der Waals surface area contributed by atoms with E-state index in [2.05, 4.69) is 59.6 Å². The molecule has 1 aliphatic rings. The molecule has 0 atom stereocenters. The Morgan fingerprint density at radius 3 is 2.53 bits per heavy atom. The summed E-state index contributed by atoms with van der Waals surface area (Å²) in [7, 11) is 0. The molecule has 0 saturated heterocycles. The van der Waals surface area contributed by atoms with Gasteiger partial charge in [-0.15, -0.1) is 0 Å². The predicted molar refractivity (Wildman–Crippen MR) is 86.0 cm³/mol. The van der Waals surface area contributed by atoms with E-state index in [1.54, 1.807) is 0 Å². The molecule has 0 radical (unpaired) electrons. The number of anilines is 1. The van der Waals surface area contributed by atoms with Gasteiger partial charge in [-0.1, -0.05) is 12.1 Å². The molecule has 1 heterocycles. The first-order chi connectivity index (χ1) is 9.06. The van der Waals surface area contributed by atoms with Gasteiger partial charge in [-0.2, -0.15) is 0 Å². The number of nitrogens with two attached hydrogens (primary N) is 1. The van der Waals surface area contributed by atoms with E-state index in [4.69, 9.17) is 10.7 Å². The van der Waals surface area contributed by atoms with Gasteiger partial charge in [0.1, 0.15) is 5.82 Å². The lowest BCUT2D eigenvalue weighted by atomic mass is 10.1. The van der Waals surface area contributed by atoms with E-state index in [-0.39, 0.29) is 0 Å². The molecule has 0 amide bonds. The van der Waals surface area contributed by atoms with Crippen molar-refractivity contribution in [3.8, 4) is 11.4 Å². The maximum atomic E-state index is 6.03. The smallest absolute Gasteiger partial charge is 0.161 e. The highest BCUT2D eigenvalue weighted by atomic mass is 127. The maximum absolute atomic E-state index is 6.03. The Hall–Kier alpha value is -1.17. The van der Waals surface area contributed by atoms with Crippen LogP contribution in [0.15, 0.2) is 18.2 Å². The van der Waals surface area contributed by atoms with Gasteiger partial charge >= 0.3 is 0 Å². The van der Waals surface area contributed by atoms with Crippen LogP contribution in [-0.4, -0.2) is 9.97 Å². The average molecular weight is 365 g/mol. The van der Waals surface area contributed by atoms with Gasteiger partial charge in [0.2, 0.25) is 0 Å². The van der Waals surface area contributed by atoms with Crippen LogP contribution in [0.4, 0.5) is 5.82 Å². The zero-order valence-electron chi connectivity index (χ0n) is 11.1. The molecule has 0 aliphatic heterocycles. The third kappa shape index (κ3) is 2.45. The second-order valence-corrected chi connectivity index (χ2v) is 6.28. The van der Waals surface area contributed by atoms with E-state index in [0.29, 0.717) is 11.7 Å². The molecule has 2 aromatic rings. The largest absolute Gasteiger partial charge is 0.383 e. The molecule has 3 nitrogen and oxygen atoms in total. The summed E-state index contributed by atoms with van der Waals surface area (Å²) in [5.41, 5.74) is 10.7. The molecule has 1 aromatic carbocycles. The summed E-state index contributed by atoms with van der Waals surface area (Å²) in [6.07, 6.45) is 2.44. The highest BCUT2D eigenvalue weighted by Crippen LogP contribution is 2.42. The lowest BCUT2D eigenvalue weighted by molar-refractivity contribution is 0.982. The van der Waals surface area contributed by atoms with Crippen molar-refractivity contribution < 1.29 is 0 Å². The van der Waals surface area contributed by atoms with Crippen LogP contribution in [0.1, 0.15) is 35.6 Å². The quantitative estimate of drug-likeness (QED) is 0.824. The first-order valence-corrected chi connectivity index (χ1v) is 7.54. The molecule has 0 bridgehead atoms. The van der Waals surface area contributed by atoms with Crippen molar-refractivity contribution in [3.63, 3.8) is 0 Å². The normalized spacial score (nSPS) is 14.7. The van der Waals surface area contributed by atoms with Crippen LogP contribution in [0.5, 0.6) is 0 Å². The van der Waals surface area contributed by atoms with Crippen LogP contribution >= 0.6 is 22.6 Å². The molecule has 1 aromatic heterocycles. The minimum atomic E-state index is 0.586. The second kappa shape index (κ2) is 4.74. The van der Waals surface area contributed by atoms with Gasteiger partial charge < -0.3 is 5.73 Å². The number of hydrogen-bond acceptors (Lipinski definition) is 3. The molecule has 2 N–H and O–H groups in total. The number of nitrogen functional groups attached to an aromatic ring is 1. The van der Waals surface area contributed by atoms with Gasteiger partial charge in [-0.05, 0) is 66.5 Å². The molecular weight excluding hydrogens is 349 g/mol. The molecule has 0 spiro atoms. The van der Waals surface area contributed by atoms with E-state index in [1.165, 1.54) is 24.0 Å². The molecule has 1 fully saturated rings. The van der Waals surface area contributed by atoms with Crippen molar-refractivity contribution in [1.82, 2.24) is 9.97 Å². The molecule has 1 saturated carbocycles. The average Bonchev–Trinajstić information content (AvgIpc) is 3.20. The Morgan fingerprint density at radius 2 is 1.89 bits per heavy atom. The number of benzene rings is 1. The fourth-order valence-corrected chi connectivity index (χ4v) is 2.80. The van der Waals surface area contributed by atoms with Gasteiger partial charge in [-0.25, -0.2) is 9.97 Å². The number of nitrogens with zero attached hydrogens (tertiary/aromatic N) is 2. The van der Waals surface area contributed by atoms with E-state index >= 15 is 0 Å². The summed E-state index contributed by atoms with van der Waals surface area (Å²) in [6.45, 7) is 4.22. The first kappa shape index (κ1) is 12.8. The van der Waals surface area contributed by atoms with Crippen LogP contribution in [0.2, 0.25) is 0 Å². The Balaban J connectivity index is 2.11. The van der Waals surface area contributed by atoms with Crippen LogP contribution in [0.25, 0.3) is 11.4 Å². The van der Waals surface area contributed by atoms with Crippen molar-refractivity contribution in [1.29, 1.82) is 0 Å². The highest BCUT2D eigenvalue weighted by molar-refractivity contribution is 14.1. The lowest BCUT2D eigenvalue weighted by Gasteiger charge is -2.09. The van der Waals surface area contributed by atoms with Gasteiger partial charge in [0.05, 0.1) is 9.26 Å². The Morgan fingerprint density at radius 1 is 1.16 bits per heavy atom. The summed E-state index contributed by atoms with van der Waals surface area (Å²) < 4.78 is 1.02. The molecule has 4 heteroatoms. The summed E-state index contributed by atoms with van der Waals surface area (Å²) in [5, 5.41) is 0. The molecule has 19 heavy (non-hydrogen) atoms. The summed E-state index contributed by atoms with van der Waals surface area (Å²) >= 11 is 2.26. The summed E-state index contributed by atoms with van der Waals surface area (Å²) in [4.78, 5) is 9.18. The van der Waals surface area contributed by atoms with Gasteiger partial charge in [0.25, 0.3) is 0 Å². The summed E-state index contributed by atoms with van der Waals surface area (Å²) in [5.74, 6) is 1.94. The van der Waals surface area contributed by atoms with Crippen molar-refractivity contribution in [2.75, 3.05) is 5.73 Å². The van der Waals surface area contributed by atoms with Crippen LogP contribution in [0, 0.1) is 17.4 Å². The monoisotopic (exact) mass is 365 g/mol. The number of rotatable bonds is 2. The second-order valence-electron chi connectivity index (χ2n) is 5.20. The number of aryl methyl sites for hydroxylation is 2. The Labute approximate surface area is 126 Å². The van der Waals surface area contributed by atoms with Crippen molar-refractivity contribution in [2.24, 2.45) is 0 Å². The maximum Gasteiger partial charge on any atom is 0.161 e. The third-order valence-electron chi connectivity index (χ3n) is 3.63. The Bertz CT molecular complexity index is 648. The van der Waals surface area contributed by atoms with E-state index in [0.717, 1.165) is 20.7 Å². The van der Waals surface area contributed by atoms with Crippen molar-refractivity contribution in [2.45, 2.75) is 32.6 Å². The number of aromatic nitrogens is 2. The zero-order valence-corrected chi connectivity index (χ0v) is 13.2. The van der Waals surface area contributed by atoms with Crippen molar-refractivity contribution in [3.05, 3.63) is 38.6 Å². The molecule has 1 aliphatic carbocycles. The van der Waals surface area contributed by atoms with E-state index in [9.17, 15) is 0 Å². The van der Waals surface area contributed by atoms with Crippen molar-refractivity contribution >= 4 is 28.4 Å². The van der Waals surface area contributed by atoms with Gasteiger partial charge in [0, 0.05) is 11.5 Å².